The monoisotopic (exact) mass is 495 g/mol. The van der Waals surface area contributed by atoms with Crippen LogP contribution < -0.4 is 14.8 Å². The van der Waals surface area contributed by atoms with E-state index >= 15 is 0 Å². The molecule has 9 heteroatoms. The SMILES string of the molecule is COc1ccc(/C=C2\SC(=O)N(CCNC(=O)CN(C)C3CCc4ccccc43)C2=O)cc1OC. The normalized spacial score (nSPS) is 18.3. The molecule has 2 aliphatic rings. The highest BCUT2D eigenvalue weighted by molar-refractivity contribution is 8.18. The number of hydrogen-bond donors (Lipinski definition) is 1. The lowest BCUT2D eigenvalue weighted by atomic mass is 10.1. The van der Waals surface area contributed by atoms with Crippen LogP contribution in [0.25, 0.3) is 6.08 Å². The molecule has 1 unspecified atom stereocenters. The minimum atomic E-state index is -0.372. The highest BCUT2D eigenvalue weighted by Gasteiger charge is 2.35. The number of imide groups is 1. The van der Waals surface area contributed by atoms with Crippen molar-refractivity contribution in [3.05, 3.63) is 64.1 Å². The Balaban J connectivity index is 1.29. The van der Waals surface area contributed by atoms with E-state index in [2.05, 4.69) is 17.4 Å². The van der Waals surface area contributed by atoms with Crippen molar-refractivity contribution in [1.29, 1.82) is 0 Å². The molecule has 184 valence electrons. The molecule has 1 heterocycles. The Hall–Kier alpha value is -3.30. The van der Waals surface area contributed by atoms with Crippen molar-refractivity contribution in [3.63, 3.8) is 0 Å². The number of likely N-dealkylation sites (N-methyl/N-ethyl adjacent to an activating group) is 1. The van der Waals surface area contributed by atoms with Gasteiger partial charge < -0.3 is 14.8 Å². The minimum Gasteiger partial charge on any atom is -0.493 e. The number of nitrogens with zero attached hydrogens (tertiary/aromatic N) is 2. The maximum atomic E-state index is 12.8. The first-order valence-corrected chi connectivity index (χ1v) is 12.2. The summed E-state index contributed by atoms with van der Waals surface area (Å²) in [5.74, 6) is 0.610. The zero-order valence-corrected chi connectivity index (χ0v) is 20.9. The molecule has 1 fully saturated rings. The van der Waals surface area contributed by atoms with Crippen molar-refractivity contribution in [1.82, 2.24) is 15.1 Å². The number of aryl methyl sites for hydroxylation is 1. The molecule has 2 aromatic rings. The highest BCUT2D eigenvalue weighted by atomic mass is 32.2. The van der Waals surface area contributed by atoms with Crippen LogP contribution in [0.2, 0.25) is 0 Å². The number of methoxy groups -OCH3 is 2. The van der Waals surface area contributed by atoms with Crippen LogP contribution in [0.1, 0.15) is 29.2 Å². The fourth-order valence-corrected chi connectivity index (χ4v) is 5.34. The lowest BCUT2D eigenvalue weighted by molar-refractivity contribution is -0.124. The number of thioether (sulfide) groups is 1. The minimum absolute atomic E-state index is 0.121. The van der Waals surface area contributed by atoms with E-state index in [-0.39, 0.29) is 42.7 Å². The first kappa shape index (κ1) is 24.8. The first-order valence-electron chi connectivity index (χ1n) is 11.4. The van der Waals surface area contributed by atoms with Gasteiger partial charge in [0.1, 0.15) is 0 Å². The third-order valence-electron chi connectivity index (χ3n) is 6.26. The highest BCUT2D eigenvalue weighted by Crippen LogP contribution is 2.35. The average molecular weight is 496 g/mol. The molecule has 0 saturated carbocycles. The van der Waals surface area contributed by atoms with Gasteiger partial charge in [-0.25, -0.2) is 0 Å². The predicted molar refractivity (Wildman–Crippen MR) is 135 cm³/mol. The van der Waals surface area contributed by atoms with E-state index in [0.717, 1.165) is 35.1 Å². The summed E-state index contributed by atoms with van der Waals surface area (Å²) in [7, 11) is 5.03. The van der Waals surface area contributed by atoms with E-state index in [1.807, 2.05) is 24.1 Å². The third kappa shape index (κ3) is 5.52. The van der Waals surface area contributed by atoms with Gasteiger partial charge >= 0.3 is 0 Å². The average Bonchev–Trinajstić information content (AvgIpc) is 3.40. The van der Waals surface area contributed by atoms with Gasteiger partial charge in [-0.3, -0.25) is 24.2 Å². The van der Waals surface area contributed by atoms with E-state index in [1.165, 1.54) is 18.2 Å². The van der Waals surface area contributed by atoms with E-state index in [4.69, 9.17) is 9.47 Å². The van der Waals surface area contributed by atoms with Crippen LogP contribution in [0.15, 0.2) is 47.4 Å². The fraction of sp³-hybridized carbons (Fsp3) is 0.346. The molecule has 1 saturated heterocycles. The molecule has 0 aromatic heterocycles. The second-order valence-electron chi connectivity index (χ2n) is 8.47. The quantitative estimate of drug-likeness (QED) is 0.533. The molecule has 35 heavy (non-hydrogen) atoms. The van der Waals surface area contributed by atoms with Crippen molar-refractivity contribution in [2.75, 3.05) is 40.9 Å². The second kappa shape index (κ2) is 11.0. The number of carbonyl (C=O) groups excluding carboxylic acids is 3. The summed E-state index contributed by atoms with van der Waals surface area (Å²) in [6.45, 7) is 0.575. The van der Waals surface area contributed by atoms with Crippen LogP contribution in [0.3, 0.4) is 0 Å². The fourth-order valence-electron chi connectivity index (χ4n) is 4.48. The zero-order valence-electron chi connectivity index (χ0n) is 20.1. The largest absolute Gasteiger partial charge is 0.493 e. The van der Waals surface area contributed by atoms with Gasteiger partial charge in [-0.15, -0.1) is 0 Å². The summed E-state index contributed by atoms with van der Waals surface area (Å²) in [5, 5.41) is 2.48. The zero-order chi connectivity index (χ0) is 24.9. The number of carbonyl (C=O) groups is 3. The summed E-state index contributed by atoms with van der Waals surface area (Å²) < 4.78 is 10.5. The van der Waals surface area contributed by atoms with Gasteiger partial charge in [-0.1, -0.05) is 30.3 Å². The molecule has 8 nitrogen and oxygen atoms in total. The van der Waals surface area contributed by atoms with Gasteiger partial charge in [-0.2, -0.15) is 0 Å². The molecule has 1 N–H and O–H groups in total. The van der Waals surface area contributed by atoms with Crippen molar-refractivity contribution in [2.24, 2.45) is 0 Å². The summed E-state index contributed by atoms with van der Waals surface area (Å²) in [4.78, 5) is 41.2. The molecule has 4 rings (SSSR count). The van der Waals surface area contributed by atoms with Gasteiger partial charge in [0, 0.05) is 19.1 Å². The Labute approximate surface area is 209 Å². The number of nitrogens with one attached hydrogen (secondary N) is 1. The van der Waals surface area contributed by atoms with Gasteiger partial charge in [0.25, 0.3) is 11.1 Å². The predicted octanol–water partition coefficient (Wildman–Crippen LogP) is 3.48. The Kier molecular flexibility index (Phi) is 7.77. The van der Waals surface area contributed by atoms with E-state index in [0.29, 0.717) is 16.4 Å². The number of amides is 3. The Morgan fingerprint density at radius 1 is 1.17 bits per heavy atom. The number of ether oxygens (including phenoxy) is 2. The number of rotatable bonds is 9. The van der Waals surface area contributed by atoms with Crippen molar-refractivity contribution < 1.29 is 23.9 Å². The number of hydrogen-bond acceptors (Lipinski definition) is 7. The van der Waals surface area contributed by atoms with Crippen LogP contribution in [-0.4, -0.2) is 67.8 Å². The molecule has 0 radical (unpaired) electrons. The van der Waals surface area contributed by atoms with Crippen LogP contribution in [0, 0.1) is 0 Å². The maximum absolute atomic E-state index is 12.8. The topological polar surface area (TPSA) is 88.2 Å². The number of benzene rings is 2. The third-order valence-corrected chi connectivity index (χ3v) is 7.17. The first-order chi connectivity index (χ1) is 16.9. The maximum Gasteiger partial charge on any atom is 0.293 e. The van der Waals surface area contributed by atoms with E-state index in [1.54, 1.807) is 31.4 Å². The molecular weight excluding hydrogens is 466 g/mol. The van der Waals surface area contributed by atoms with Crippen molar-refractivity contribution >= 4 is 34.9 Å². The molecule has 0 bridgehead atoms. The van der Waals surface area contributed by atoms with Crippen LogP contribution in [0.4, 0.5) is 4.79 Å². The van der Waals surface area contributed by atoms with E-state index < -0.39 is 0 Å². The van der Waals surface area contributed by atoms with Crippen LogP contribution >= 0.6 is 11.8 Å². The molecule has 1 aliphatic carbocycles. The second-order valence-corrected chi connectivity index (χ2v) is 9.46. The summed E-state index contributed by atoms with van der Waals surface area (Å²) in [6.07, 6.45) is 3.66. The molecule has 1 atom stereocenters. The molecular formula is C26H29N3O5S. The standard InChI is InChI=1S/C26H29N3O5S/c1-28(20-10-9-18-6-4-5-7-19(18)20)16-24(30)27-12-13-29-25(31)23(35-26(29)32)15-17-8-11-21(33-2)22(14-17)34-3/h4-8,11,14-15,20H,9-10,12-13,16H2,1-3H3,(H,27,30)/b23-15-. The summed E-state index contributed by atoms with van der Waals surface area (Å²) >= 11 is 0.885. The van der Waals surface area contributed by atoms with Crippen LogP contribution in [-0.2, 0) is 16.0 Å². The Morgan fingerprint density at radius 3 is 2.71 bits per heavy atom. The lowest BCUT2D eigenvalue weighted by Crippen LogP contribution is -2.41. The number of fused-ring (bicyclic) bond motifs is 1. The summed E-state index contributed by atoms with van der Waals surface area (Å²) in [6, 6.07) is 13.8. The van der Waals surface area contributed by atoms with Gasteiger partial charge in [0.15, 0.2) is 11.5 Å². The smallest absolute Gasteiger partial charge is 0.293 e. The van der Waals surface area contributed by atoms with Gasteiger partial charge in [0.2, 0.25) is 5.91 Å². The Morgan fingerprint density at radius 2 is 1.94 bits per heavy atom. The summed E-state index contributed by atoms with van der Waals surface area (Å²) in [5.41, 5.74) is 3.34. The molecule has 1 aliphatic heterocycles. The van der Waals surface area contributed by atoms with Crippen molar-refractivity contribution in [3.8, 4) is 11.5 Å². The van der Waals surface area contributed by atoms with Gasteiger partial charge in [0.05, 0.1) is 25.7 Å². The van der Waals surface area contributed by atoms with Crippen LogP contribution in [0.5, 0.6) is 11.5 Å². The lowest BCUT2D eigenvalue weighted by Gasteiger charge is -2.24. The van der Waals surface area contributed by atoms with E-state index in [9.17, 15) is 14.4 Å². The molecule has 3 amide bonds. The molecule has 2 aromatic carbocycles. The van der Waals surface area contributed by atoms with Gasteiger partial charge in [-0.05, 0) is 66.6 Å². The molecule has 0 spiro atoms. The Bertz CT molecular complexity index is 1170. The van der Waals surface area contributed by atoms with Crippen molar-refractivity contribution in [2.45, 2.75) is 18.9 Å².